The van der Waals surface area contributed by atoms with E-state index < -0.39 is 0 Å². The second-order valence-corrected chi connectivity index (χ2v) is 6.66. The van der Waals surface area contributed by atoms with Crippen molar-refractivity contribution >= 4 is 5.91 Å². The molecule has 0 saturated heterocycles. The zero-order valence-corrected chi connectivity index (χ0v) is 15.8. The summed E-state index contributed by atoms with van der Waals surface area (Å²) in [7, 11) is 0. The number of aromatic nitrogens is 3. The molecule has 3 aromatic rings. The maximum atomic E-state index is 12.4. The molecule has 0 fully saturated rings. The highest BCUT2D eigenvalue weighted by Crippen LogP contribution is 2.18. The van der Waals surface area contributed by atoms with Crippen molar-refractivity contribution in [1.82, 2.24) is 20.3 Å². The van der Waals surface area contributed by atoms with E-state index in [2.05, 4.69) is 22.5 Å². The first-order chi connectivity index (χ1) is 13.0. The van der Waals surface area contributed by atoms with Gasteiger partial charge in [-0.25, -0.2) is 0 Å². The summed E-state index contributed by atoms with van der Waals surface area (Å²) in [5, 5.41) is 11.1. The molecule has 7 heteroatoms. The van der Waals surface area contributed by atoms with Crippen LogP contribution in [0.1, 0.15) is 34.3 Å². The van der Waals surface area contributed by atoms with Gasteiger partial charge in [-0.2, -0.15) is 5.10 Å². The minimum Gasteiger partial charge on any atom is -0.489 e. The molecule has 2 aromatic heterocycles. The van der Waals surface area contributed by atoms with Gasteiger partial charge in [0.15, 0.2) is 0 Å². The Morgan fingerprint density at radius 2 is 2.19 bits per heavy atom. The minimum absolute atomic E-state index is 0.120. The van der Waals surface area contributed by atoms with Crippen molar-refractivity contribution < 1.29 is 14.1 Å². The Balaban J connectivity index is 1.53. The van der Waals surface area contributed by atoms with Crippen LogP contribution in [0.3, 0.4) is 0 Å². The lowest BCUT2D eigenvalue weighted by molar-refractivity contribution is 0.0946. The van der Waals surface area contributed by atoms with Crippen molar-refractivity contribution in [2.75, 3.05) is 6.54 Å². The second-order valence-electron chi connectivity index (χ2n) is 6.66. The number of hydrogen-bond acceptors (Lipinski definition) is 5. The van der Waals surface area contributed by atoms with E-state index >= 15 is 0 Å². The standard InChI is InChI=1S/C20H24N4O3/c1-14(12-24-9-5-8-22-24)11-21-20(25)17-6-4-7-18(10-17)26-13-19-15(2)23-27-16(19)3/h4-10,14H,11-13H2,1-3H3,(H,21,25). The molecule has 1 N–H and O–H groups in total. The van der Waals surface area contributed by atoms with Crippen LogP contribution < -0.4 is 10.1 Å². The molecule has 0 bridgehead atoms. The van der Waals surface area contributed by atoms with E-state index in [4.69, 9.17) is 9.26 Å². The molecule has 1 unspecified atom stereocenters. The Labute approximate surface area is 158 Å². The first-order valence-electron chi connectivity index (χ1n) is 8.93. The summed E-state index contributed by atoms with van der Waals surface area (Å²) in [6.07, 6.45) is 3.66. The predicted octanol–water partition coefficient (Wildman–Crippen LogP) is 3.13. The molecular formula is C20H24N4O3. The molecule has 0 aliphatic heterocycles. The van der Waals surface area contributed by atoms with Gasteiger partial charge >= 0.3 is 0 Å². The van der Waals surface area contributed by atoms with Gasteiger partial charge in [0.2, 0.25) is 0 Å². The number of carbonyl (C=O) groups is 1. The average Bonchev–Trinajstić information content (AvgIpc) is 3.28. The maximum Gasteiger partial charge on any atom is 0.251 e. The molecular weight excluding hydrogens is 344 g/mol. The summed E-state index contributed by atoms with van der Waals surface area (Å²) in [6, 6.07) is 9.04. The molecule has 2 heterocycles. The van der Waals surface area contributed by atoms with Gasteiger partial charge in [0.1, 0.15) is 18.1 Å². The topological polar surface area (TPSA) is 82.2 Å². The van der Waals surface area contributed by atoms with Crippen molar-refractivity contribution in [2.24, 2.45) is 5.92 Å². The van der Waals surface area contributed by atoms with Crippen molar-refractivity contribution in [3.63, 3.8) is 0 Å². The van der Waals surface area contributed by atoms with E-state index in [9.17, 15) is 4.79 Å². The summed E-state index contributed by atoms with van der Waals surface area (Å²) < 4.78 is 12.8. The first kappa shape index (κ1) is 18.7. The number of hydrogen-bond donors (Lipinski definition) is 1. The molecule has 27 heavy (non-hydrogen) atoms. The fraction of sp³-hybridized carbons (Fsp3) is 0.350. The van der Waals surface area contributed by atoms with Crippen LogP contribution in [0.2, 0.25) is 0 Å². The molecule has 0 aliphatic rings. The molecule has 0 saturated carbocycles. The molecule has 1 amide bonds. The third kappa shape index (κ3) is 4.97. The zero-order chi connectivity index (χ0) is 19.2. The number of carbonyl (C=O) groups excluding carboxylic acids is 1. The molecule has 7 nitrogen and oxygen atoms in total. The van der Waals surface area contributed by atoms with Gasteiger partial charge in [0.05, 0.1) is 11.3 Å². The maximum absolute atomic E-state index is 12.4. The summed E-state index contributed by atoms with van der Waals surface area (Å²) in [4.78, 5) is 12.4. The number of benzene rings is 1. The number of aryl methyl sites for hydroxylation is 2. The van der Waals surface area contributed by atoms with E-state index in [1.54, 1.807) is 18.3 Å². The smallest absolute Gasteiger partial charge is 0.251 e. The predicted molar refractivity (Wildman–Crippen MR) is 100 cm³/mol. The van der Waals surface area contributed by atoms with Gasteiger partial charge in [-0.1, -0.05) is 18.1 Å². The van der Waals surface area contributed by atoms with Crippen LogP contribution in [-0.2, 0) is 13.2 Å². The Kier molecular flexibility index (Phi) is 5.90. The summed E-state index contributed by atoms with van der Waals surface area (Å²) in [6.45, 7) is 7.49. The number of amides is 1. The van der Waals surface area contributed by atoms with Gasteiger partial charge in [0, 0.05) is 31.0 Å². The van der Waals surface area contributed by atoms with Gasteiger partial charge in [-0.15, -0.1) is 0 Å². The third-order valence-electron chi connectivity index (χ3n) is 4.33. The van der Waals surface area contributed by atoms with Crippen LogP contribution in [-0.4, -0.2) is 27.4 Å². The van der Waals surface area contributed by atoms with Gasteiger partial charge in [0.25, 0.3) is 5.91 Å². The minimum atomic E-state index is -0.120. The second kappa shape index (κ2) is 8.53. The fourth-order valence-electron chi connectivity index (χ4n) is 2.75. The molecule has 0 spiro atoms. The highest BCUT2D eigenvalue weighted by Gasteiger charge is 2.12. The van der Waals surface area contributed by atoms with Crippen LogP contribution in [0.25, 0.3) is 0 Å². The van der Waals surface area contributed by atoms with Crippen LogP contribution in [0.15, 0.2) is 47.2 Å². The molecule has 142 valence electrons. The number of rotatable bonds is 8. The highest BCUT2D eigenvalue weighted by atomic mass is 16.5. The van der Waals surface area contributed by atoms with Crippen molar-refractivity contribution in [2.45, 2.75) is 33.9 Å². The van der Waals surface area contributed by atoms with Crippen LogP contribution in [0, 0.1) is 19.8 Å². The largest absolute Gasteiger partial charge is 0.489 e. The first-order valence-corrected chi connectivity index (χ1v) is 8.93. The molecule has 0 radical (unpaired) electrons. The Hall–Kier alpha value is -3.09. The van der Waals surface area contributed by atoms with Crippen molar-refractivity contribution in [3.8, 4) is 5.75 Å². The summed E-state index contributed by atoms with van der Waals surface area (Å²) >= 11 is 0. The van der Waals surface area contributed by atoms with E-state index in [0.29, 0.717) is 24.5 Å². The van der Waals surface area contributed by atoms with Gasteiger partial charge in [-0.3, -0.25) is 9.48 Å². The van der Waals surface area contributed by atoms with E-state index in [1.165, 1.54) is 0 Å². The molecule has 1 atom stereocenters. The van der Waals surface area contributed by atoms with Gasteiger partial charge in [-0.05, 0) is 44.0 Å². The normalized spacial score (nSPS) is 12.0. The van der Waals surface area contributed by atoms with Crippen molar-refractivity contribution in [3.05, 3.63) is 65.3 Å². The lowest BCUT2D eigenvalue weighted by atomic mass is 10.1. The van der Waals surface area contributed by atoms with Crippen LogP contribution in [0.4, 0.5) is 0 Å². The number of nitrogens with zero attached hydrogens (tertiary/aromatic N) is 3. The van der Waals surface area contributed by atoms with Crippen LogP contribution in [0.5, 0.6) is 5.75 Å². The Morgan fingerprint density at radius 3 is 2.89 bits per heavy atom. The van der Waals surface area contributed by atoms with E-state index in [-0.39, 0.29) is 11.8 Å². The zero-order valence-electron chi connectivity index (χ0n) is 15.8. The van der Waals surface area contributed by atoms with E-state index in [1.807, 2.05) is 42.9 Å². The monoisotopic (exact) mass is 368 g/mol. The SMILES string of the molecule is Cc1noc(C)c1COc1cccc(C(=O)NCC(C)Cn2cccn2)c1. The Morgan fingerprint density at radius 1 is 1.33 bits per heavy atom. The number of ether oxygens (including phenoxy) is 1. The number of nitrogens with one attached hydrogen (secondary N) is 1. The quantitative estimate of drug-likeness (QED) is 0.660. The fourth-order valence-corrected chi connectivity index (χ4v) is 2.75. The lowest BCUT2D eigenvalue weighted by Gasteiger charge is -2.13. The van der Waals surface area contributed by atoms with Crippen LogP contribution >= 0.6 is 0 Å². The summed E-state index contributed by atoms with van der Waals surface area (Å²) in [5.74, 6) is 1.53. The molecule has 3 rings (SSSR count). The highest BCUT2D eigenvalue weighted by molar-refractivity contribution is 5.94. The molecule has 0 aliphatic carbocycles. The third-order valence-corrected chi connectivity index (χ3v) is 4.33. The lowest BCUT2D eigenvalue weighted by Crippen LogP contribution is -2.30. The Bertz CT molecular complexity index is 867. The van der Waals surface area contributed by atoms with Gasteiger partial charge < -0.3 is 14.6 Å². The van der Waals surface area contributed by atoms with Crippen molar-refractivity contribution in [1.29, 1.82) is 0 Å². The van der Waals surface area contributed by atoms with E-state index in [0.717, 1.165) is 23.6 Å². The molecule has 1 aromatic carbocycles. The summed E-state index contributed by atoms with van der Waals surface area (Å²) in [5.41, 5.74) is 2.31. The average molecular weight is 368 g/mol.